The minimum Gasteiger partial charge on any atom is -0.298 e. The number of aldehydes is 1. The van der Waals surface area contributed by atoms with E-state index in [4.69, 9.17) is 0 Å². The molecule has 0 unspecified atom stereocenters. The topological polar surface area (TPSA) is 58.5 Å². The Morgan fingerprint density at radius 2 is 1.24 bits per heavy atom. The lowest BCUT2D eigenvalue weighted by molar-refractivity contribution is 0.0954. The van der Waals surface area contributed by atoms with Gasteiger partial charge in [0.05, 0.1) is 5.71 Å². The van der Waals surface area contributed by atoms with Crippen molar-refractivity contribution in [2.24, 2.45) is 5.10 Å². The lowest BCUT2D eigenvalue weighted by Gasteiger charge is -2.08. The van der Waals surface area contributed by atoms with Crippen molar-refractivity contribution in [3.05, 3.63) is 107 Å². The Morgan fingerprint density at radius 3 is 1.72 bits per heavy atom. The van der Waals surface area contributed by atoms with Gasteiger partial charge in [-0.25, -0.2) is 5.43 Å². The van der Waals surface area contributed by atoms with Crippen molar-refractivity contribution in [2.45, 2.75) is 0 Å². The number of nitrogens with zero attached hydrogens (tertiary/aromatic N) is 1. The Bertz CT molecular complexity index is 845. The molecule has 4 nitrogen and oxygen atoms in total. The van der Waals surface area contributed by atoms with E-state index < -0.39 is 0 Å². The number of nitrogens with one attached hydrogen (secondary N) is 1. The first kappa shape index (κ1) is 16.3. The van der Waals surface area contributed by atoms with Crippen LogP contribution in [0.3, 0.4) is 0 Å². The molecule has 4 heteroatoms. The number of hydrogen-bond acceptors (Lipinski definition) is 3. The molecule has 0 aliphatic carbocycles. The van der Waals surface area contributed by atoms with Crippen LogP contribution in [0.1, 0.15) is 31.8 Å². The van der Waals surface area contributed by atoms with Crippen LogP contribution >= 0.6 is 0 Å². The van der Waals surface area contributed by atoms with Gasteiger partial charge in [0.2, 0.25) is 0 Å². The molecular formula is C21H16N2O2. The van der Waals surface area contributed by atoms with Crippen LogP contribution in [0.15, 0.2) is 90.0 Å². The molecule has 122 valence electrons. The minimum absolute atomic E-state index is 0.332. The Labute approximate surface area is 145 Å². The van der Waals surface area contributed by atoms with E-state index in [0.717, 1.165) is 17.4 Å². The lowest BCUT2D eigenvalue weighted by atomic mass is 10.0. The second-order valence-corrected chi connectivity index (χ2v) is 5.37. The van der Waals surface area contributed by atoms with Gasteiger partial charge in [0.25, 0.3) is 5.91 Å². The maximum atomic E-state index is 12.3. The van der Waals surface area contributed by atoms with E-state index >= 15 is 0 Å². The fourth-order valence-electron chi connectivity index (χ4n) is 2.37. The Morgan fingerprint density at radius 1 is 0.720 bits per heavy atom. The standard InChI is InChI=1S/C21H16N2O2/c24-15-16-11-13-19(14-12-16)21(25)23-22-20(17-7-3-1-4-8-17)18-9-5-2-6-10-18/h1-15H,(H,23,25). The van der Waals surface area contributed by atoms with E-state index in [1.54, 1.807) is 24.3 Å². The first-order valence-corrected chi connectivity index (χ1v) is 7.82. The zero-order valence-electron chi connectivity index (χ0n) is 13.4. The summed E-state index contributed by atoms with van der Waals surface area (Å²) in [4.78, 5) is 23.0. The molecule has 25 heavy (non-hydrogen) atoms. The summed E-state index contributed by atoms with van der Waals surface area (Å²) in [6.45, 7) is 0. The molecule has 0 radical (unpaired) electrons. The number of rotatable bonds is 5. The molecule has 3 aromatic carbocycles. The van der Waals surface area contributed by atoms with Gasteiger partial charge < -0.3 is 0 Å². The number of hydrazone groups is 1. The molecule has 0 spiro atoms. The molecule has 1 N–H and O–H groups in total. The van der Waals surface area contributed by atoms with Crippen molar-refractivity contribution in [3.63, 3.8) is 0 Å². The maximum Gasteiger partial charge on any atom is 0.271 e. The quantitative estimate of drug-likeness (QED) is 0.441. The van der Waals surface area contributed by atoms with Crippen LogP contribution in [-0.2, 0) is 0 Å². The zero-order valence-corrected chi connectivity index (χ0v) is 13.4. The van der Waals surface area contributed by atoms with Crippen LogP contribution in [-0.4, -0.2) is 17.9 Å². The van der Waals surface area contributed by atoms with Gasteiger partial charge in [-0.2, -0.15) is 5.10 Å². The van der Waals surface area contributed by atoms with Crippen LogP contribution < -0.4 is 5.43 Å². The van der Waals surface area contributed by atoms with Crippen LogP contribution in [0.25, 0.3) is 0 Å². The van der Waals surface area contributed by atoms with Crippen LogP contribution in [0.5, 0.6) is 0 Å². The van der Waals surface area contributed by atoms with Crippen molar-refractivity contribution in [3.8, 4) is 0 Å². The molecule has 0 aromatic heterocycles. The highest BCUT2D eigenvalue weighted by molar-refractivity contribution is 6.13. The van der Waals surface area contributed by atoms with E-state index in [9.17, 15) is 9.59 Å². The summed E-state index contributed by atoms with van der Waals surface area (Å²) in [5.41, 5.74) is 6.05. The van der Waals surface area contributed by atoms with Gasteiger partial charge in [-0.3, -0.25) is 9.59 Å². The molecule has 0 fully saturated rings. The molecule has 3 aromatic rings. The summed E-state index contributed by atoms with van der Waals surface area (Å²) in [7, 11) is 0. The Kier molecular flexibility index (Phi) is 5.12. The molecule has 0 saturated carbocycles. The highest BCUT2D eigenvalue weighted by atomic mass is 16.2. The molecule has 0 saturated heterocycles. The second kappa shape index (κ2) is 7.84. The third-order valence-corrected chi connectivity index (χ3v) is 3.67. The van der Waals surface area contributed by atoms with Crippen LogP contribution in [0, 0.1) is 0 Å². The fourth-order valence-corrected chi connectivity index (χ4v) is 2.37. The van der Waals surface area contributed by atoms with Gasteiger partial charge >= 0.3 is 0 Å². The molecule has 0 heterocycles. The van der Waals surface area contributed by atoms with E-state index in [-0.39, 0.29) is 5.91 Å². The molecule has 0 aliphatic rings. The van der Waals surface area contributed by atoms with E-state index in [1.165, 1.54) is 0 Å². The van der Waals surface area contributed by atoms with E-state index in [2.05, 4.69) is 10.5 Å². The molecule has 0 atom stereocenters. The molecule has 3 rings (SSSR count). The van der Waals surface area contributed by atoms with E-state index in [1.807, 2.05) is 60.7 Å². The SMILES string of the molecule is O=Cc1ccc(C(=O)NN=C(c2ccccc2)c2ccccc2)cc1. The van der Waals surface area contributed by atoms with Crippen molar-refractivity contribution < 1.29 is 9.59 Å². The smallest absolute Gasteiger partial charge is 0.271 e. The number of benzene rings is 3. The molecule has 0 bridgehead atoms. The average Bonchev–Trinajstić information content (AvgIpc) is 2.70. The molecular weight excluding hydrogens is 312 g/mol. The number of carbonyl (C=O) groups is 2. The maximum absolute atomic E-state index is 12.3. The fraction of sp³-hybridized carbons (Fsp3) is 0. The van der Waals surface area contributed by atoms with Gasteiger partial charge in [0, 0.05) is 22.3 Å². The van der Waals surface area contributed by atoms with Gasteiger partial charge in [-0.1, -0.05) is 72.8 Å². The predicted octanol–water partition coefficient (Wildman–Crippen LogP) is 3.68. The largest absolute Gasteiger partial charge is 0.298 e. The summed E-state index contributed by atoms with van der Waals surface area (Å²) in [6.07, 6.45) is 0.739. The van der Waals surface area contributed by atoms with Crippen LogP contribution in [0.4, 0.5) is 0 Å². The Balaban J connectivity index is 1.88. The van der Waals surface area contributed by atoms with Crippen molar-refractivity contribution >= 4 is 17.9 Å². The van der Waals surface area contributed by atoms with Gasteiger partial charge in [0.15, 0.2) is 0 Å². The third-order valence-electron chi connectivity index (χ3n) is 3.67. The number of carbonyl (C=O) groups excluding carboxylic acids is 2. The third kappa shape index (κ3) is 4.06. The molecule has 1 amide bonds. The summed E-state index contributed by atoms with van der Waals surface area (Å²) in [5.74, 6) is -0.332. The average molecular weight is 328 g/mol. The second-order valence-electron chi connectivity index (χ2n) is 5.37. The minimum atomic E-state index is -0.332. The van der Waals surface area contributed by atoms with Gasteiger partial charge in [-0.15, -0.1) is 0 Å². The highest BCUT2D eigenvalue weighted by Crippen LogP contribution is 2.10. The summed E-state index contributed by atoms with van der Waals surface area (Å²) in [5, 5.41) is 4.33. The van der Waals surface area contributed by atoms with Crippen LogP contribution in [0.2, 0.25) is 0 Å². The highest BCUT2D eigenvalue weighted by Gasteiger charge is 2.09. The number of amides is 1. The lowest BCUT2D eigenvalue weighted by Crippen LogP contribution is -2.20. The predicted molar refractivity (Wildman–Crippen MR) is 97.8 cm³/mol. The summed E-state index contributed by atoms with van der Waals surface area (Å²) in [6, 6.07) is 25.7. The summed E-state index contributed by atoms with van der Waals surface area (Å²) < 4.78 is 0. The Hall–Kier alpha value is -3.53. The van der Waals surface area contributed by atoms with E-state index in [0.29, 0.717) is 16.8 Å². The first-order valence-electron chi connectivity index (χ1n) is 7.82. The first-order chi connectivity index (χ1) is 12.3. The zero-order chi connectivity index (χ0) is 17.5. The van der Waals surface area contributed by atoms with Crippen molar-refractivity contribution in [1.82, 2.24) is 5.43 Å². The van der Waals surface area contributed by atoms with Gasteiger partial charge in [0.1, 0.15) is 6.29 Å². The van der Waals surface area contributed by atoms with Gasteiger partial charge in [-0.05, 0) is 12.1 Å². The molecule has 0 aliphatic heterocycles. The van der Waals surface area contributed by atoms with Crippen molar-refractivity contribution in [2.75, 3.05) is 0 Å². The van der Waals surface area contributed by atoms with Crippen molar-refractivity contribution in [1.29, 1.82) is 0 Å². The normalized spacial score (nSPS) is 9.92. The number of hydrogen-bond donors (Lipinski definition) is 1. The summed E-state index contributed by atoms with van der Waals surface area (Å²) >= 11 is 0. The monoisotopic (exact) mass is 328 g/mol.